The van der Waals surface area contributed by atoms with Crippen molar-refractivity contribution in [2.75, 3.05) is 0 Å². The number of carbonyl (C=O) groups is 1. The molecule has 2 bridgehead atoms. The molecule has 4 aromatic rings. The Balaban J connectivity index is 1.39. The van der Waals surface area contributed by atoms with Crippen molar-refractivity contribution < 1.29 is 19.0 Å². The van der Waals surface area contributed by atoms with Crippen LogP contribution >= 0.6 is 0 Å². The molecule has 0 aliphatic carbocycles. The number of nitrogens with zero attached hydrogens (tertiary/aromatic N) is 5. The van der Waals surface area contributed by atoms with Crippen molar-refractivity contribution in [3.63, 3.8) is 0 Å². The molecule has 1 unspecified atom stereocenters. The second-order valence-electron chi connectivity index (χ2n) is 9.65. The van der Waals surface area contributed by atoms with Gasteiger partial charge >= 0.3 is 0 Å². The summed E-state index contributed by atoms with van der Waals surface area (Å²) in [5.74, 6) is 0.425. The topological polar surface area (TPSA) is 92.8 Å². The molecule has 1 amide bonds. The number of amides is 1. The molecule has 38 heavy (non-hydrogen) atoms. The number of ether oxygens (including phenoxy) is 3. The van der Waals surface area contributed by atoms with Crippen molar-refractivity contribution in [2.45, 2.75) is 51.5 Å². The second kappa shape index (κ2) is 9.66. The van der Waals surface area contributed by atoms with Crippen LogP contribution in [0.5, 0.6) is 0 Å². The number of fused-ring (bicyclic) bond motifs is 3. The molecule has 6 rings (SSSR count). The highest BCUT2D eigenvalue weighted by molar-refractivity contribution is 5.95. The number of benzene rings is 2. The molecular weight excluding hydrogens is 482 g/mol. The van der Waals surface area contributed by atoms with E-state index in [1.807, 2.05) is 53.1 Å². The molecule has 2 aliphatic heterocycles. The predicted molar refractivity (Wildman–Crippen MR) is 139 cm³/mol. The minimum absolute atomic E-state index is 0.131. The Kier molecular flexibility index (Phi) is 6.17. The van der Waals surface area contributed by atoms with E-state index in [2.05, 4.69) is 35.4 Å². The molecule has 2 aliphatic rings. The van der Waals surface area contributed by atoms with Crippen LogP contribution in [0.2, 0.25) is 0 Å². The molecule has 194 valence electrons. The van der Waals surface area contributed by atoms with Gasteiger partial charge in [-0.2, -0.15) is 4.99 Å². The zero-order chi connectivity index (χ0) is 26.3. The molecule has 9 nitrogen and oxygen atoms in total. The maximum atomic E-state index is 13.1. The predicted octanol–water partition coefficient (Wildman–Crippen LogP) is 4.37. The van der Waals surface area contributed by atoms with E-state index < -0.39 is 11.8 Å². The minimum Gasteiger partial charge on any atom is -0.487 e. The molecule has 4 heterocycles. The van der Waals surface area contributed by atoms with Gasteiger partial charge in [-0.25, -0.2) is 9.97 Å². The van der Waals surface area contributed by atoms with E-state index in [-0.39, 0.29) is 24.7 Å². The summed E-state index contributed by atoms with van der Waals surface area (Å²) >= 11 is 0. The van der Waals surface area contributed by atoms with Crippen LogP contribution < -0.4 is 5.49 Å². The Labute approximate surface area is 220 Å². The first kappa shape index (κ1) is 24.3. The van der Waals surface area contributed by atoms with Gasteiger partial charge in [-0.05, 0) is 24.1 Å². The van der Waals surface area contributed by atoms with Crippen LogP contribution in [0.1, 0.15) is 42.4 Å². The molecule has 2 aromatic carbocycles. The summed E-state index contributed by atoms with van der Waals surface area (Å²) in [6, 6.07) is 18.8. The van der Waals surface area contributed by atoms with E-state index in [4.69, 9.17) is 14.2 Å². The lowest BCUT2D eigenvalue weighted by Gasteiger charge is -2.32. The maximum Gasteiger partial charge on any atom is 0.279 e. The summed E-state index contributed by atoms with van der Waals surface area (Å²) in [5, 5.41) is 0. The van der Waals surface area contributed by atoms with E-state index >= 15 is 0 Å². The lowest BCUT2D eigenvalue weighted by atomic mass is 9.86. The highest BCUT2D eigenvalue weighted by Gasteiger charge is 2.62. The number of hydrogen-bond acceptors (Lipinski definition) is 6. The average molecular weight is 512 g/mol. The van der Waals surface area contributed by atoms with Crippen molar-refractivity contribution in [2.24, 2.45) is 10.9 Å². The van der Waals surface area contributed by atoms with Crippen molar-refractivity contribution in [1.29, 1.82) is 0 Å². The molecule has 9 heteroatoms. The highest BCUT2D eigenvalue weighted by atomic mass is 16.6. The summed E-state index contributed by atoms with van der Waals surface area (Å²) in [6.45, 7) is 8.83. The van der Waals surface area contributed by atoms with Crippen LogP contribution in [0.3, 0.4) is 0 Å². The van der Waals surface area contributed by atoms with Crippen LogP contribution in [-0.2, 0) is 27.5 Å². The molecular formula is C29H29N5O4. The first-order valence-corrected chi connectivity index (χ1v) is 12.7. The van der Waals surface area contributed by atoms with Gasteiger partial charge in [0.05, 0.1) is 12.9 Å². The Morgan fingerprint density at radius 3 is 2.55 bits per heavy atom. The van der Waals surface area contributed by atoms with Crippen molar-refractivity contribution >= 4 is 17.1 Å². The van der Waals surface area contributed by atoms with Gasteiger partial charge in [0.25, 0.3) is 5.91 Å². The first-order valence-electron chi connectivity index (χ1n) is 12.7. The number of hydrogen-bond donors (Lipinski definition) is 0. The molecule has 0 N–H and O–H groups in total. The lowest BCUT2D eigenvalue weighted by Crippen LogP contribution is -2.34. The second-order valence-corrected chi connectivity index (χ2v) is 9.65. The third-order valence-electron chi connectivity index (χ3n) is 7.53. The zero-order valence-corrected chi connectivity index (χ0v) is 21.4. The van der Waals surface area contributed by atoms with Crippen molar-refractivity contribution in [3.8, 4) is 0 Å². The fourth-order valence-corrected chi connectivity index (χ4v) is 5.39. The third kappa shape index (κ3) is 3.95. The highest BCUT2D eigenvalue weighted by Crippen LogP contribution is 2.55. The summed E-state index contributed by atoms with van der Waals surface area (Å²) in [5.41, 5.74) is 2.37. The fraction of sp³-hybridized carbons (Fsp3) is 0.310. The van der Waals surface area contributed by atoms with Gasteiger partial charge in [0.15, 0.2) is 22.9 Å². The van der Waals surface area contributed by atoms with Gasteiger partial charge in [0, 0.05) is 11.5 Å². The van der Waals surface area contributed by atoms with Crippen LogP contribution in [0.15, 0.2) is 90.6 Å². The summed E-state index contributed by atoms with van der Waals surface area (Å²) < 4.78 is 22.2. The summed E-state index contributed by atoms with van der Waals surface area (Å²) in [4.78, 5) is 26.9. The van der Waals surface area contributed by atoms with E-state index in [0.717, 1.165) is 12.0 Å². The summed E-state index contributed by atoms with van der Waals surface area (Å²) in [6.07, 6.45) is 3.41. The Morgan fingerprint density at radius 1 is 1.11 bits per heavy atom. The SMILES string of the molecule is C=C1O[C@H]2C(C)[C@@]1(CC)O[C@H]2n1cnc2c(=NC(=O)c3ccccc3)n(COCc3ccccc3)cnc21. The Morgan fingerprint density at radius 2 is 1.84 bits per heavy atom. The van der Waals surface area contributed by atoms with Crippen molar-refractivity contribution in [1.82, 2.24) is 19.1 Å². The van der Waals surface area contributed by atoms with Gasteiger partial charge < -0.3 is 14.2 Å². The molecule has 2 aromatic heterocycles. The number of carbonyl (C=O) groups excluding carboxylic acids is 1. The molecule has 0 spiro atoms. The van der Waals surface area contributed by atoms with E-state index in [0.29, 0.717) is 34.6 Å². The van der Waals surface area contributed by atoms with Crippen LogP contribution in [0.4, 0.5) is 0 Å². The monoisotopic (exact) mass is 511 g/mol. The quantitative estimate of drug-likeness (QED) is 0.366. The Hall–Kier alpha value is -4.08. The van der Waals surface area contributed by atoms with Crippen LogP contribution in [0.25, 0.3) is 11.2 Å². The Bertz CT molecular complexity index is 1560. The fourth-order valence-electron chi connectivity index (χ4n) is 5.39. The zero-order valence-electron chi connectivity index (χ0n) is 21.4. The molecule has 0 saturated carbocycles. The number of rotatable bonds is 7. The van der Waals surface area contributed by atoms with Gasteiger partial charge in [0.1, 0.15) is 30.5 Å². The van der Waals surface area contributed by atoms with Crippen LogP contribution in [-0.4, -0.2) is 36.7 Å². The number of imidazole rings is 1. The lowest BCUT2D eigenvalue weighted by molar-refractivity contribution is -0.136. The van der Waals surface area contributed by atoms with E-state index in [1.54, 1.807) is 29.4 Å². The first-order chi connectivity index (χ1) is 18.5. The van der Waals surface area contributed by atoms with Crippen LogP contribution in [0, 0.1) is 5.92 Å². The minimum atomic E-state index is -0.539. The maximum absolute atomic E-state index is 13.1. The summed E-state index contributed by atoms with van der Waals surface area (Å²) in [7, 11) is 0. The van der Waals surface area contributed by atoms with Gasteiger partial charge in [-0.3, -0.25) is 13.9 Å². The van der Waals surface area contributed by atoms with E-state index in [9.17, 15) is 4.79 Å². The largest absolute Gasteiger partial charge is 0.487 e. The average Bonchev–Trinajstić information content (AvgIpc) is 3.57. The number of aromatic nitrogens is 4. The molecule has 2 saturated heterocycles. The third-order valence-corrected chi connectivity index (χ3v) is 7.53. The molecule has 4 atom stereocenters. The normalized spacial score (nSPS) is 24.7. The van der Waals surface area contributed by atoms with Gasteiger partial charge in [0.2, 0.25) is 0 Å². The standard InChI is InChI=1S/C29H29N5O4/c1-4-29-19(2)24(37-20(29)3)28(38-29)34-17-30-23-25(34)31-16-33(18-36-15-21-11-7-5-8-12-21)26(23)32-27(35)22-13-9-6-10-14-22/h5-14,16-17,19,24,28H,3-4,15,18H2,1-2H3/t19?,24-,28+,29+/m0/s1. The van der Waals surface area contributed by atoms with Crippen molar-refractivity contribution in [3.05, 3.63) is 102 Å². The van der Waals surface area contributed by atoms with E-state index in [1.165, 1.54) is 0 Å². The molecule has 0 radical (unpaired) electrons. The van der Waals surface area contributed by atoms with Gasteiger partial charge in [-0.1, -0.05) is 69.0 Å². The molecule has 2 fully saturated rings. The smallest absolute Gasteiger partial charge is 0.279 e. The van der Waals surface area contributed by atoms with Gasteiger partial charge in [-0.15, -0.1) is 0 Å².